The van der Waals surface area contributed by atoms with Gasteiger partial charge in [-0.3, -0.25) is 9.78 Å². The van der Waals surface area contributed by atoms with Gasteiger partial charge in [-0.1, -0.05) is 12.1 Å². The minimum absolute atomic E-state index is 0.00633. The van der Waals surface area contributed by atoms with Crippen LogP contribution in [0.2, 0.25) is 0 Å². The van der Waals surface area contributed by atoms with Gasteiger partial charge in [-0.2, -0.15) is 5.26 Å². The quantitative estimate of drug-likeness (QED) is 0.798. The van der Waals surface area contributed by atoms with Crippen molar-refractivity contribution in [1.29, 1.82) is 5.26 Å². The van der Waals surface area contributed by atoms with Gasteiger partial charge in [-0.05, 0) is 29.4 Å². The molecule has 0 aromatic carbocycles. The molecule has 3 rings (SSSR count). The molecule has 2 aliphatic rings. The van der Waals surface area contributed by atoms with E-state index in [0.717, 1.165) is 16.7 Å². The van der Waals surface area contributed by atoms with Gasteiger partial charge in [-0.25, -0.2) is 0 Å². The van der Waals surface area contributed by atoms with Gasteiger partial charge in [0.15, 0.2) is 5.78 Å². The number of carbonyl (C=O) groups is 1. The number of allylic oxidation sites excluding steroid dienone is 4. The van der Waals surface area contributed by atoms with Crippen LogP contribution in [0.4, 0.5) is 0 Å². The van der Waals surface area contributed by atoms with Crippen molar-refractivity contribution < 1.29 is 9.53 Å². The molecule has 0 bridgehead atoms. The average Bonchev–Trinajstić information content (AvgIpc) is 2.61. The van der Waals surface area contributed by atoms with E-state index in [1.807, 2.05) is 29.3 Å². The molecule has 1 atom stereocenters. The minimum atomic E-state index is -0.596. The number of pyridine rings is 1. The molecule has 0 N–H and O–H groups in total. The highest BCUT2D eigenvalue weighted by Gasteiger charge is 2.33. The lowest BCUT2D eigenvalue weighted by Gasteiger charge is -2.32. The maximum atomic E-state index is 12.2. The normalized spacial score (nSPS) is 20.1. The van der Waals surface area contributed by atoms with Crippen LogP contribution in [0.5, 0.6) is 0 Å². The molecule has 0 radical (unpaired) electrons. The van der Waals surface area contributed by atoms with E-state index in [0.29, 0.717) is 17.9 Å². The van der Waals surface area contributed by atoms with Gasteiger partial charge in [-0.15, -0.1) is 6.58 Å². The van der Waals surface area contributed by atoms with E-state index in [1.165, 1.54) is 7.11 Å². The fraction of sp³-hybridized carbons (Fsp3) is 0.211. The van der Waals surface area contributed by atoms with Crippen LogP contribution in [-0.4, -0.2) is 35.4 Å². The largest absolute Gasteiger partial charge is 0.370 e. The zero-order valence-electron chi connectivity index (χ0n) is 13.4. The molecule has 24 heavy (non-hydrogen) atoms. The third-order valence-electron chi connectivity index (χ3n) is 4.06. The van der Waals surface area contributed by atoms with E-state index >= 15 is 0 Å². The molecule has 1 unspecified atom stereocenters. The Bertz CT molecular complexity index is 813. The number of Topliss-reactive ketones (excluding diaryl/α,β-unsaturated/α-hetero) is 1. The molecule has 0 saturated heterocycles. The van der Waals surface area contributed by atoms with Crippen LogP contribution in [0.3, 0.4) is 0 Å². The summed E-state index contributed by atoms with van der Waals surface area (Å²) in [6.45, 7) is 4.23. The lowest BCUT2D eigenvalue weighted by atomic mass is 9.82. The molecule has 1 aromatic rings. The smallest absolute Gasteiger partial charge is 0.169 e. The summed E-state index contributed by atoms with van der Waals surface area (Å²) in [5.41, 5.74) is 3.63. The minimum Gasteiger partial charge on any atom is -0.370 e. The zero-order valence-corrected chi connectivity index (χ0v) is 13.4. The van der Waals surface area contributed by atoms with E-state index in [4.69, 9.17) is 4.74 Å². The van der Waals surface area contributed by atoms with Gasteiger partial charge in [0.25, 0.3) is 0 Å². The van der Waals surface area contributed by atoms with Crippen molar-refractivity contribution >= 4 is 11.4 Å². The Labute approximate surface area is 140 Å². The molecule has 1 aliphatic carbocycles. The summed E-state index contributed by atoms with van der Waals surface area (Å²) < 4.78 is 5.27. The standard InChI is InChI=1S/C19H17N3O2/c1-3-8-22-12-13-9-17(23)18(24-2)10-14(13)19(16(22)11-20)15-6-4-5-7-21-15/h3-7,10,12,18H,1,8-9H2,2H3. The van der Waals surface area contributed by atoms with Crippen molar-refractivity contribution in [3.05, 3.63) is 71.9 Å². The maximum absolute atomic E-state index is 12.2. The first-order valence-corrected chi connectivity index (χ1v) is 7.61. The van der Waals surface area contributed by atoms with Crippen molar-refractivity contribution in [2.24, 2.45) is 0 Å². The Kier molecular flexibility index (Phi) is 4.41. The van der Waals surface area contributed by atoms with Crippen LogP contribution in [-0.2, 0) is 9.53 Å². The zero-order chi connectivity index (χ0) is 17.1. The first kappa shape index (κ1) is 15.9. The molecule has 0 amide bonds. The number of ketones is 1. The van der Waals surface area contributed by atoms with Gasteiger partial charge in [0, 0.05) is 38.0 Å². The predicted octanol–water partition coefficient (Wildman–Crippen LogP) is 2.62. The second-order valence-corrected chi connectivity index (χ2v) is 5.53. The Morgan fingerprint density at radius 3 is 3.00 bits per heavy atom. The fourth-order valence-corrected chi connectivity index (χ4v) is 2.99. The summed E-state index contributed by atoms with van der Waals surface area (Å²) in [7, 11) is 1.51. The van der Waals surface area contributed by atoms with E-state index in [1.54, 1.807) is 18.3 Å². The van der Waals surface area contributed by atoms with Crippen LogP contribution in [0, 0.1) is 11.3 Å². The lowest BCUT2D eigenvalue weighted by Crippen LogP contribution is -2.31. The monoisotopic (exact) mass is 319 g/mol. The fourth-order valence-electron chi connectivity index (χ4n) is 2.99. The van der Waals surface area contributed by atoms with Crippen molar-refractivity contribution in [2.45, 2.75) is 12.5 Å². The number of methoxy groups -OCH3 is 1. The Morgan fingerprint density at radius 1 is 1.54 bits per heavy atom. The molecule has 0 saturated carbocycles. The molecule has 5 nitrogen and oxygen atoms in total. The Balaban J connectivity index is 2.23. The topological polar surface area (TPSA) is 66.2 Å². The SMILES string of the molecule is C=CCN1C=C2CC(=O)C(OC)C=C2C(c2ccccn2)=C1C#N. The van der Waals surface area contributed by atoms with Crippen molar-refractivity contribution in [2.75, 3.05) is 13.7 Å². The summed E-state index contributed by atoms with van der Waals surface area (Å²) in [5.74, 6) is 0.00633. The van der Waals surface area contributed by atoms with Gasteiger partial charge in [0.05, 0.1) is 5.69 Å². The summed E-state index contributed by atoms with van der Waals surface area (Å²) >= 11 is 0. The van der Waals surface area contributed by atoms with Gasteiger partial charge in [0.1, 0.15) is 17.9 Å². The summed E-state index contributed by atoms with van der Waals surface area (Å²) in [4.78, 5) is 18.4. The number of hydrogen-bond donors (Lipinski definition) is 0. The van der Waals surface area contributed by atoms with Crippen molar-refractivity contribution in [3.63, 3.8) is 0 Å². The molecular formula is C19H17N3O2. The third-order valence-corrected chi connectivity index (χ3v) is 4.06. The summed E-state index contributed by atoms with van der Waals surface area (Å²) in [5, 5.41) is 9.72. The van der Waals surface area contributed by atoms with E-state index in [2.05, 4.69) is 17.6 Å². The number of nitrogens with zero attached hydrogens (tertiary/aromatic N) is 3. The molecule has 1 aromatic heterocycles. The van der Waals surface area contributed by atoms with Gasteiger partial charge < -0.3 is 9.64 Å². The highest BCUT2D eigenvalue weighted by Crippen LogP contribution is 2.40. The first-order chi connectivity index (χ1) is 11.7. The molecule has 5 heteroatoms. The highest BCUT2D eigenvalue weighted by atomic mass is 16.5. The van der Waals surface area contributed by atoms with Crippen LogP contribution in [0.25, 0.3) is 5.57 Å². The first-order valence-electron chi connectivity index (χ1n) is 7.61. The number of aromatic nitrogens is 1. The van der Waals surface area contributed by atoms with Crippen LogP contribution in [0.1, 0.15) is 12.1 Å². The van der Waals surface area contributed by atoms with Crippen LogP contribution < -0.4 is 0 Å². The molecule has 1 aliphatic heterocycles. The number of hydrogen-bond acceptors (Lipinski definition) is 5. The summed E-state index contributed by atoms with van der Waals surface area (Å²) in [6, 6.07) is 7.84. The molecule has 120 valence electrons. The van der Waals surface area contributed by atoms with Crippen LogP contribution >= 0.6 is 0 Å². The number of fused-ring (bicyclic) bond motifs is 1. The second-order valence-electron chi connectivity index (χ2n) is 5.53. The number of carbonyl (C=O) groups excluding carboxylic acids is 1. The Hall–Kier alpha value is -2.97. The molecule has 2 heterocycles. The van der Waals surface area contributed by atoms with Gasteiger partial charge in [0.2, 0.25) is 0 Å². The highest BCUT2D eigenvalue weighted by molar-refractivity contribution is 5.97. The average molecular weight is 319 g/mol. The maximum Gasteiger partial charge on any atom is 0.169 e. The number of ether oxygens (including phenoxy) is 1. The summed E-state index contributed by atoms with van der Waals surface area (Å²) in [6.07, 6.45) is 6.72. The third kappa shape index (κ3) is 2.68. The molecular weight excluding hydrogens is 302 g/mol. The van der Waals surface area contributed by atoms with E-state index in [-0.39, 0.29) is 12.2 Å². The van der Waals surface area contributed by atoms with E-state index in [9.17, 15) is 10.1 Å². The molecule has 0 fully saturated rings. The van der Waals surface area contributed by atoms with Crippen LogP contribution in [0.15, 0.2) is 66.2 Å². The lowest BCUT2D eigenvalue weighted by molar-refractivity contribution is -0.125. The van der Waals surface area contributed by atoms with Crippen molar-refractivity contribution in [1.82, 2.24) is 9.88 Å². The number of nitriles is 1. The number of rotatable bonds is 4. The second kappa shape index (κ2) is 6.65. The van der Waals surface area contributed by atoms with Gasteiger partial charge >= 0.3 is 0 Å². The van der Waals surface area contributed by atoms with E-state index < -0.39 is 6.10 Å². The van der Waals surface area contributed by atoms with Crippen molar-refractivity contribution in [3.8, 4) is 6.07 Å². The molecule has 0 spiro atoms. The Morgan fingerprint density at radius 2 is 2.38 bits per heavy atom. The predicted molar refractivity (Wildman–Crippen MR) is 90.3 cm³/mol.